The van der Waals surface area contributed by atoms with E-state index < -0.39 is 17.3 Å². The summed E-state index contributed by atoms with van der Waals surface area (Å²) >= 11 is 24.3. The standard InChI is InChI=1S/C31H33ClN2O5.C29H31ClN4O4.C29H30ClN3O3.C24H24ClN3O3/c1-20-19-28(34(21(2)35)24-13-11-23(32)12-14-24)26-7-5-6-8-27(26)33(20)29(36)22-9-15-25(16-10-22)39-18-17-31(3,4)30(37)38;1-18-15-26(34(19(2)35)23-11-7-21(30)8-12-23)25-14-13-24(38-17-28(31)36)16-27(25)33(18)29(37)20-5-9-22(10-6-20)32(3)4;1-20-19-28(33(21(2)34)25-13-9-23(30)10-14-25)26-5-3-4-6-27(26)32(20)29(35)22-7-11-24(12-8-22)31-15-17-36-18-16-31;1-4-18-14-23(31-26-18)24(30)27-15(2)13-22(20-7-5-6-8-21(20)27)28(16(3)29)19-11-9-17(25)10-12-19/h5-16,20,28H,17-19H2,1-4H3,(H,37,38);5-14,16,18,26H,15,17H2,1-4H3,(H2,31,36);3-14,20,28H,15-19H2,1-2H3;5-12,14-15,22H,4,13H2,1-3H3/t20-,28+;18-,26+;20-,28+;15-,22+/m0000/s1. The molecule has 3 N–H and O–H groups in total. The van der Waals surface area contributed by atoms with E-state index in [9.17, 15) is 53.1 Å². The van der Waals surface area contributed by atoms with Crippen LogP contribution in [0.2, 0.25) is 20.1 Å². The number of carbonyl (C=O) groups excluding carboxylic acids is 9. The highest BCUT2D eigenvalue weighted by molar-refractivity contribution is 6.32. The van der Waals surface area contributed by atoms with Crippen LogP contribution in [-0.2, 0) is 39.9 Å². The van der Waals surface area contributed by atoms with Crippen LogP contribution >= 0.6 is 46.4 Å². The van der Waals surface area contributed by atoms with Gasteiger partial charge >= 0.3 is 5.97 Å². The molecule has 27 nitrogen and oxygen atoms in total. The van der Waals surface area contributed by atoms with E-state index in [1.54, 1.807) is 167 Å². The number of aryl methyl sites for hydroxylation is 1. The van der Waals surface area contributed by atoms with Gasteiger partial charge in [-0.1, -0.05) is 119 Å². The number of rotatable bonds is 23. The van der Waals surface area contributed by atoms with Crippen molar-refractivity contribution >= 4 is 162 Å². The number of halogens is 4. The molecule has 17 rings (SSSR count). The van der Waals surface area contributed by atoms with Gasteiger partial charge in [0.2, 0.25) is 29.4 Å². The number of aromatic nitrogens is 1. The molecule has 144 heavy (non-hydrogen) atoms. The fraction of sp³-hybridized carbons (Fsp3) is 0.301. The number of anilines is 10. The topological polar surface area (TPSA) is 303 Å². The van der Waals surface area contributed by atoms with Crippen LogP contribution in [0, 0.1) is 5.41 Å². The molecule has 748 valence electrons. The first kappa shape index (κ1) is 105. The van der Waals surface area contributed by atoms with E-state index in [0.717, 1.165) is 99.8 Å². The number of nitrogens with zero attached hydrogens (tertiary/aromatic N) is 11. The number of para-hydroxylation sites is 3. The van der Waals surface area contributed by atoms with Gasteiger partial charge in [0.15, 0.2) is 6.61 Å². The fourth-order valence-corrected chi connectivity index (χ4v) is 19.7. The lowest BCUT2D eigenvalue weighted by Crippen LogP contribution is -2.47. The van der Waals surface area contributed by atoms with Crippen molar-refractivity contribution in [3.05, 3.63) is 337 Å². The number of hydrogen-bond donors (Lipinski definition) is 2. The zero-order chi connectivity index (χ0) is 103. The largest absolute Gasteiger partial charge is 0.494 e. The molecule has 0 bridgehead atoms. The Balaban J connectivity index is 0.000000153. The molecule has 11 aromatic carbocycles. The molecule has 5 aliphatic heterocycles. The summed E-state index contributed by atoms with van der Waals surface area (Å²) in [7, 11) is 3.88. The average Bonchev–Trinajstić information content (AvgIpc) is 0.870. The Labute approximate surface area is 859 Å². The number of benzene rings is 11. The van der Waals surface area contributed by atoms with Crippen molar-refractivity contribution in [2.75, 3.05) is 103 Å². The lowest BCUT2D eigenvalue weighted by molar-refractivity contribution is -0.147. The van der Waals surface area contributed by atoms with E-state index >= 15 is 0 Å². The van der Waals surface area contributed by atoms with Crippen molar-refractivity contribution in [2.24, 2.45) is 11.1 Å². The van der Waals surface area contributed by atoms with Gasteiger partial charge in [0.05, 0.1) is 60.8 Å². The summed E-state index contributed by atoms with van der Waals surface area (Å²) in [4.78, 5) is 147. The summed E-state index contributed by atoms with van der Waals surface area (Å²) in [6.45, 7) is 22.6. The molecule has 5 aliphatic rings. The molecule has 0 radical (unpaired) electrons. The van der Waals surface area contributed by atoms with E-state index in [-0.39, 0.29) is 115 Å². The number of nitrogens with two attached hydrogens (primary N) is 1. The fourth-order valence-electron chi connectivity index (χ4n) is 19.2. The Hall–Kier alpha value is -14.4. The predicted molar refractivity (Wildman–Crippen MR) is 568 cm³/mol. The van der Waals surface area contributed by atoms with Gasteiger partial charge in [-0.25, -0.2) is 0 Å². The van der Waals surface area contributed by atoms with Gasteiger partial charge in [-0.3, -0.25) is 47.9 Å². The Morgan fingerprint density at radius 2 is 0.743 bits per heavy atom. The number of carboxylic acids is 1. The molecule has 8 atom stereocenters. The highest BCUT2D eigenvalue weighted by Gasteiger charge is 2.45. The molecule has 1 aromatic heterocycles. The van der Waals surface area contributed by atoms with Crippen LogP contribution in [0.1, 0.15) is 202 Å². The zero-order valence-corrected chi connectivity index (χ0v) is 85.7. The number of carbonyl (C=O) groups is 10. The first-order chi connectivity index (χ1) is 68.9. The van der Waals surface area contributed by atoms with Gasteiger partial charge in [-0.2, -0.15) is 0 Å². The molecule has 0 spiro atoms. The van der Waals surface area contributed by atoms with Crippen LogP contribution in [-0.4, -0.2) is 147 Å². The summed E-state index contributed by atoms with van der Waals surface area (Å²) in [5.41, 5.74) is 18.5. The quantitative estimate of drug-likeness (QED) is 0.0601. The highest BCUT2D eigenvalue weighted by atomic mass is 35.5. The molecule has 12 aromatic rings. The van der Waals surface area contributed by atoms with Crippen LogP contribution in [0.25, 0.3) is 0 Å². The Morgan fingerprint density at radius 3 is 1.08 bits per heavy atom. The molecule has 9 amide bonds. The molecular weight excluding hydrogens is 1910 g/mol. The Morgan fingerprint density at radius 1 is 0.417 bits per heavy atom. The third-order valence-corrected chi connectivity index (χ3v) is 27.5. The Kier molecular flexibility index (Phi) is 34.3. The second kappa shape index (κ2) is 46.8. The highest BCUT2D eigenvalue weighted by Crippen LogP contribution is 2.50. The van der Waals surface area contributed by atoms with Crippen LogP contribution in [0.5, 0.6) is 11.5 Å². The number of amides is 9. The molecule has 6 heterocycles. The molecule has 0 unspecified atom stereocenters. The number of hydrogen-bond acceptors (Lipinski definition) is 17. The van der Waals surface area contributed by atoms with Crippen LogP contribution in [0.3, 0.4) is 0 Å². The van der Waals surface area contributed by atoms with Crippen molar-refractivity contribution in [3.8, 4) is 11.5 Å². The molecular formula is C113H118Cl4N12O15. The van der Waals surface area contributed by atoms with Crippen molar-refractivity contribution < 1.29 is 71.8 Å². The Bertz CT molecular complexity index is 6630. The first-order valence-electron chi connectivity index (χ1n) is 47.9. The molecule has 0 saturated carbocycles. The average molecular weight is 2030 g/mol. The minimum absolute atomic E-state index is 0.0391. The first-order valence-corrected chi connectivity index (χ1v) is 49.4. The lowest BCUT2D eigenvalue weighted by atomic mass is 9.89. The lowest BCUT2D eigenvalue weighted by Gasteiger charge is -2.43. The van der Waals surface area contributed by atoms with Crippen LogP contribution in [0.15, 0.2) is 271 Å². The van der Waals surface area contributed by atoms with Crippen molar-refractivity contribution in [1.82, 2.24) is 5.16 Å². The number of carboxylic acid groups (broad SMARTS) is 1. The molecule has 31 heteroatoms. The predicted octanol–water partition coefficient (Wildman–Crippen LogP) is 22.7. The number of primary amides is 1. The summed E-state index contributed by atoms with van der Waals surface area (Å²) in [5.74, 6) is -1.22. The van der Waals surface area contributed by atoms with E-state index in [4.69, 9.17) is 70.9 Å². The van der Waals surface area contributed by atoms with E-state index in [2.05, 4.69) is 10.1 Å². The maximum Gasteiger partial charge on any atom is 0.309 e. The summed E-state index contributed by atoms with van der Waals surface area (Å²) in [5, 5.41) is 15.6. The number of ether oxygens (including phenoxy) is 3. The maximum absolute atomic E-state index is 13.9. The second-order valence-corrected chi connectivity index (χ2v) is 38.9. The van der Waals surface area contributed by atoms with Gasteiger partial charge in [0, 0.05) is 179 Å². The van der Waals surface area contributed by atoms with E-state index in [1.165, 1.54) is 6.92 Å². The van der Waals surface area contributed by atoms with Crippen molar-refractivity contribution in [1.29, 1.82) is 0 Å². The number of fused-ring (bicyclic) bond motifs is 4. The van der Waals surface area contributed by atoms with Crippen molar-refractivity contribution in [2.45, 2.75) is 163 Å². The number of morpholine rings is 1. The van der Waals surface area contributed by atoms with Gasteiger partial charge in [-0.05, 0) is 296 Å². The minimum Gasteiger partial charge on any atom is -0.494 e. The number of aliphatic carboxylic acids is 1. The normalized spacial score (nSPS) is 17.6. The second-order valence-electron chi connectivity index (χ2n) is 37.2. The molecule has 1 saturated heterocycles. The monoisotopic (exact) mass is 2020 g/mol. The third kappa shape index (κ3) is 24.2. The third-order valence-electron chi connectivity index (χ3n) is 26.5. The van der Waals surface area contributed by atoms with Crippen LogP contribution < -0.4 is 64.2 Å². The van der Waals surface area contributed by atoms with Gasteiger partial charge in [-0.15, -0.1) is 0 Å². The van der Waals surface area contributed by atoms with E-state index in [0.29, 0.717) is 98.2 Å². The molecule has 0 aliphatic carbocycles. The SMILES string of the molecule is CC(=O)N(c1ccc(Cl)cc1)[C@@H]1C[C@H](C)N(C(=O)c2ccc(N(C)C)cc2)c2cc(OCC(N)=O)ccc21.CC(=O)N(c1ccc(Cl)cc1)[C@@H]1C[C@H](C)N(C(=O)c2ccc(N3CCOCC3)cc2)c2ccccc21.CC(=O)N(c1ccc(Cl)cc1)[C@@H]1C[C@H](C)N(C(=O)c2ccc(OCCC(C)(C)C(=O)O)cc2)c2ccccc21.CCc1cc(C(=O)N2c3ccccc3[C@H](N(C(C)=O)c3ccc(Cl)cc3)C[C@@H]2C)on1. The summed E-state index contributed by atoms with van der Waals surface area (Å²) < 4.78 is 22.1. The molecule has 1 fully saturated rings. The smallest absolute Gasteiger partial charge is 0.309 e. The van der Waals surface area contributed by atoms with Gasteiger partial charge < -0.3 is 78.6 Å². The van der Waals surface area contributed by atoms with E-state index in [1.807, 2.05) is 227 Å². The summed E-state index contributed by atoms with van der Waals surface area (Å²) in [6, 6.07) is 79.6. The van der Waals surface area contributed by atoms with Crippen molar-refractivity contribution in [3.63, 3.8) is 0 Å². The zero-order valence-electron chi connectivity index (χ0n) is 82.7. The minimum atomic E-state index is -0.878. The van der Waals surface area contributed by atoms with Gasteiger partial charge in [0.25, 0.3) is 29.5 Å². The van der Waals surface area contributed by atoms with Gasteiger partial charge in [0.1, 0.15) is 11.5 Å². The van der Waals surface area contributed by atoms with Crippen LogP contribution in [0.4, 0.5) is 56.9 Å². The maximum atomic E-state index is 13.9. The summed E-state index contributed by atoms with van der Waals surface area (Å²) in [6.07, 6.45) is 3.33.